The van der Waals surface area contributed by atoms with Crippen LogP contribution >= 0.6 is 31.9 Å². The predicted molar refractivity (Wildman–Crippen MR) is 173 cm³/mol. The number of benzene rings is 3. The highest BCUT2D eigenvalue weighted by molar-refractivity contribution is 9.11. The Labute approximate surface area is 264 Å². The normalized spacial score (nSPS) is 12.1. The molecule has 3 aromatic carbocycles. The Morgan fingerprint density at radius 1 is 0.905 bits per heavy atom. The van der Waals surface area contributed by atoms with Crippen LogP contribution in [-0.4, -0.2) is 41.0 Å². The van der Waals surface area contributed by atoms with Gasteiger partial charge in [0.15, 0.2) is 0 Å². The zero-order chi connectivity index (χ0) is 30.9. The molecule has 1 atom stereocenters. The molecule has 0 heterocycles. The number of nitrogens with two attached hydrogens (primary N) is 2. The molecule has 0 aliphatic heterocycles. The molecule has 3 aromatic rings. The quantitative estimate of drug-likeness (QED) is 0.146. The maximum atomic E-state index is 14.1. The highest BCUT2D eigenvalue weighted by Gasteiger charge is 2.33. The van der Waals surface area contributed by atoms with Crippen molar-refractivity contribution in [3.63, 3.8) is 0 Å². The number of carbonyl (C=O) groups is 3. The van der Waals surface area contributed by atoms with Gasteiger partial charge < -0.3 is 21.5 Å². The summed E-state index contributed by atoms with van der Waals surface area (Å²) in [6.07, 6.45) is 0.743. The topological polar surface area (TPSA) is 128 Å². The molecule has 0 aliphatic rings. The smallest absolute Gasteiger partial charge is 0.417 e. The fourth-order valence-electron chi connectivity index (χ4n) is 4.48. The first-order valence-corrected chi connectivity index (χ1v) is 15.4. The van der Waals surface area contributed by atoms with E-state index in [2.05, 4.69) is 37.2 Å². The van der Waals surface area contributed by atoms with E-state index in [9.17, 15) is 14.4 Å². The van der Waals surface area contributed by atoms with Gasteiger partial charge in [-0.2, -0.15) is 0 Å². The summed E-state index contributed by atoms with van der Waals surface area (Å²) >= 11 is 6.87. The maximum absolute atomic E-state index is 14.1. The Kier molecular flexibility index (Phi) is 12.1. The van der Waals surface area contributed by atoms with Crippen molar-refractivity contribution in [3.05, 3.63) is 98.4 Å². The Morgan fingerprint density at radius 2 is 1.43 bits per heavy atom. The van der Waals surface area contributed by atoms with E-state index in [1.807, 2.05) is 72.8 Å². The molecule has 8 nitrogen and oxygen atoms in total. The number of anilines is 1. The fraction of sp³-hybridized carbons (Fsp3) is 0.344. The second-order valence-corrected chi connectivity index (χ2v) is 12.7. The van der Waals surface area contributed by atoms with Gasteiger partial charge in [-0.05, 0) is 101 Å². The number of nitrogens with zero attached hydrogens (tertiary/aromatic N) is 1. The number of carbonyl (C=O) groups excluding carboxylic acids is 3. The van der Waals surface area contributed by atoms with E-state index in [0.29, 0.717) is 31.5 Å². The summed E-state index contributed by atoms with van der Waals surface area (Å²) in [4.78, 5) is 40.8. The minimum absolute atomic E-state index is 0.132. The van der Waals surface area contributed by atoms with Gasteiger partial charge in [-0.3, -0.25) is 9.59 Å². The highest BCUT2D eigenvalue weighted by Crippen LogP contribution is 2.30. The van der Waals surface area contributed by atoms with Gasteiger partial charge in [-0.1, -0.05) is 60.7 Å². The van der Waals surface area contributed by atoms with Crippen molar-refractivity contribution in [2.24, 2.45) is 5.73 Å². The second kappa shape index (κ2) is 15.3. The standard InChI is InChI=1S/C32H38Br2N4O4/c1-32(2,3)42-31(41)38(30(40)27(22-12-6-4-7-13-22)23-14-8-5-9-15-23)17-11-10-16-26(29(36)39)37-20-21-18-24(33)28(35)25(34)19-21/h4-9,12-15,18-19,26-27,37H,10-11,16-17,20,35H2,1-3H3,(H2,36,39)/t26-/m1/s1. The predicted octanol–water partition coefficient (Wildman–Crippen LogP) is 6.50. The summed E-state index contributed by atoms with van der Waals surface area (Å²) in [6.45, 7) is 5.83. The molecule has 0 fully saturated rings. The molecule has 42 heavy (non-hydrogen) atoms. The van der Waals surface area contributed by atoms with Gasteiger partial charge in [0.1, 0.15) is 5.60 Å². The van der Waals surface area contributed by atoms with E-state index < -0.39 is 29.6 Å². The van der Waals surface area contributed by atoms with Crippen LogP contribution in [0.15, 0.2) is 81.7 Å². The lowest BCUT2D eigenvalue weighted by molar-refractivity contribution is -0.131. The molecule has 0 radical (unpaired) electrons. The van der Waals surface area contributed by atoms with Crippen LogP contribution in [0.3, 0.4) is 0 Å². The van der Waals surface area contributed by atoms with E-state index in [-0.39, 0.29) is 12.5 Å². The molecule has 0 saturated heterocycles. The summed E-state index contributed by atoms with van der Waals surface area (Å²) in [5.74, 6) is -1.53. The second-order valence-electron chi connectivity index (χ2n) is 11.0. The average Bonchev–Trinajstić information content (AvgIpc) is 2.93. The molecule has 0 saturated carbocycles. The van der Waals surface area contributed by atoms with Gasteiger partial charge in [-0.15, -0.1) is 0 Å². The van der Waals surface area contributed by atoms with Crippen LogP contribution in [0.25, 0.3) is 0 Å². The Morgan fingerprint density at radius 3 is 1.90 bits per heavy atom. The molecule has 3 rings (SSSR count). The van der Waals surface area contributed by atoms with Gasteiger partial charge in [0.05, 0.1) is 17.6 Å². The number of amides is 3. The molecule has 0 aliphatic carbocycles. The molecule has 0 bridgehead atoms. The van der Waals surface area contributed by atoms with Crippen molar-refractivity contribution < 1.29 is 19.1 Å². The van der Waals surface area contributed by atoms with Crippen LogP contribution in [0, 0.1) is 0 Å². The van der Waals surface area contributed by atoms with Gasteiger partial charge >= 0.3 is 6.09 Å². The van der Waals surface area contributed by atoms with E-state index in [1.54, 1.807) is 20.8 Å². The minimum atomic E-state index is -0.780. The Bertz CT molecular complexity index is 1300. The van der Waals surface area contributed by atoms with Gasteiger partial charge in [0.25, 0.3) is 0 Å². The molecule has 3 amide bonds. The van der Waals surface area contributed by atoms with E-state index in [1.165, 1.54) is 4.90 Å². The van der Waals surface area contributed by atoms with Crippen LogP contribution in [0.4, 0.5) is 10.5 Å². The lowest BCUT2D eigenvalue weighted by Gasteiger charge is -2.29. The number of rotatable bonds is 12. The third kappa shape index (κ3) is 9.68. The first-order chi connectivity index (χ1) is 19.9. The molecular formula is C32H38Br2N4O4. The number of ether oxygens (including phenoxy) is 1. The monoisotopic (exact) mass is 700 g/mol. The lowest BCUT2D eigenvalue weighted by atomic mass is 9.90. The highest BCUT2D eigenvalue weighted by atomic mass is 79.9. The number of nitrogens with one attached hydrogen (secondary N) is 1. The third-order valence-corrected chi connectivity index (χ3v) is 7.86. The van der Waals surface area contributed by atoms with Crippen LogP contribution < -0.4 is 16.8 Å². The molecule has 224 valence electrons. The molecule has 0 spiro atoms. The Balaban J connectivity index is 1.73. The van der Waals surface area contributed by atoms with Crippen molar-refractivity contribution in [1.29, 1.82) is 0 Å². The van der Waals surface area contributed by atoms with Crippen molar-refractivity contribution >= 4 is 55.5 Å². The van der Waals surface area contributed by atoms with Crippen molar-refractivity contribution in [3.8, 4) is 0 Å². The fourth-order valence-corrected chi connectivity index (χ4v) is 5.76. The van der Waals surface area contributed by atoms with E-state index in [4.69, 9.17) is 16.2 Å². The van der Waals surface area contributed by atoms with E-state index in [0.717, 1.165) is 25.6 Å². The van der Waals surface area contributed by atoms with E-state index >= 15 is 0 Å². The zero-order valence-corrected chi connectivity index (χ0v) is 27.3. The number of nitrogen functional groups attached to an aromatic ring is 1. The van der Waals surface area contributed by atoms with Crippen LogP contribution in [0.1, 0.15) is 62.6 Å². The van der Waals surface area contributed by atoms with Gasteiger partial charge in [0.2, 0.25) is 11.8 Å². The molecule has 5 N–H and O–H groups in total. The number of hydrogen-bond donors (Lipinski definition) is 3. The van der Waals surface area contributed by atoms with Crippen LogP contribution in [0.2, 0.25) is 0 Å². The zero-order valence-electron chi connectivity index (χ0n) is 24.1. The number of halogens is 2. The van der Waals surface area contributed by atoms with Crippen LogP contribution in [-0.2, 0) is 20.9 Å². The Hall–Kier alpha value is -3.21. The largest absolute Gasteiger partial charge is 0.443 e. The number of primary amides is 1. The number of hydrogen-bond acceptors (Lipinski definition) is 6. The summed E-state index contributed by atoms with van der Waals surface area (Å²) in [7, 11) is 0. The maximum Gasteiger partial charge on any atom is 0.417 e. The minimum Gasteiger partial charge on any atom is -0.443 e. The van der Waals surface area contributed by atoms with Crippen molar-refractivity contribution in [2.75, 3.05) is 12.3 Å². The molecular weight excluding hydrogens is 664 g/mol. The van der Waals surface area contributed by atoms with Crippen LogP contribution in [0.5, 0.6) is 0 Å². The first kappa shape index (κ1) is 33.3. The van der Waals surface area contributed by atoms with Crippen molar-refractivity contribution in [2.45, 2.75) is 64.1 Å². The SMILES string of the molecule is CC(C)(C)OC(=O)N(CCCC[C@@H](NCc1cc(Br)c(N)c(Br)c1)C(N)=O)C(=O)C(c1ccccc1)c1ccccc1. The average molecular weight is 702 g/mol. The summed E-state index contributed by atoms with van der Waals surface area (Å²) in [5.41, 5.74) is 13.9. The molecule has 0 aromatic heterocycles. The van der Waals surface area contributed by atoms with Gasteiger partial charge in [0, 0.05) is 22.0 Å². The summed E-state index contributed by atoms with van der Waals surface area (Å²) in [6, 6.07) is 21.9. The number of imide groups is 1. The summed E-state index contributed by atoms with van der Waals surface area (Å²) in [5, 5.41) is 3.21. The third-order valence-electron chi connectivity index (χ3n) is 6.55. The molecule has 10 heteroatoms. The number of unbranched alkanes of at least 4 members (excludes halogenated alkanes) is 1. The summed E-state index contributed by atoms with van der Waals surface area (Å²) < 4.78 is 7.14. The van der Waals surface area contributed by atoms with Gasteiger partial charge in [-0.25, -0.2) is 9.69 Å². The first-order valence-electron chi connectivity index (χ1n) is 13.8. The lowest BCUT2D eigenvalue weighted by Crippen LogP contribution is -2.44. The van der Waals surface area contributed by atoms with Crippen molar-refractivity contribution in [1.82, 2.24) is 10.2 Å². The molecule has 0 unspecified atom stereocenters.